The molecule has 0 bridgehead atoms. The zero-order valence-corrected chi connectivity index (χ0v) is 15.7. The summed E-state index contributed by atoms with van der Waals surface area (Å²) in [7, 11) is 2.06. The maximum atomic E-state index is 12.7. The fraction of sp³-hybridized carbons (Fsp3) is 0.500. The van der Waals surface area contributed by atoms with Gasteiger partial charge < -0.3 is 14.5 Å². The standard InChI is InChI=1S/C20H25N5O2/c1-24(12-16-6-2-3-10-27-16)19-17-7-9-25(13-18(17)22-14-23-19)20(26)15-5-4-8-21-11-15/h4-5,8,11,14,16H,2-3,6-7,9-10,12-13H2,1H3/t16-/m1/s1. The van der Waals surface area contributed by atoms with Gasteiger partial charge in [-0.3, -0.25) is 9.78 Å². The number of fused-ring (bicyclic) bond motifs is 1. The van der Waals surface area contributed by atoms with E-state index in [1.807, 2.05) is 4.90 Å². The van der Waals surface area contributed by atoms with Gasteiger partial charge in [0.05, 0.1) is 23.9 Å². The lowest BCUT2D eigenvalue weighted by atomic mass is 10.0. The predicted octanol–water partition coefficient (Wildman–Crippen LogP) is 2.08. The number of rotatable bonds is 4. The van der Waals surface area contributed by atoms with Crippen LogP contribution in [-0.2, 0) is 17.7 Å². The molecule has 0 N–H and O–H groups in total. The van der Waals surface area contributed by atoms with Gasteiger partial charge in [-0.2, -0.15) is 0 Å². The van der Waals surface area contributed by atoms with Crippen molar-refractivity contribution in [1.82, 2.24) is 19.9 Å². The zero-order valence-electron chi connectivity index (χ0n) is 15.7. The van der Waals surface area contributed by atoms with E-state index in [4.69, 9.17) is 4.74 Å². The Labute approximate surface area is 159 Å². The van der Waals surface area contributed by atoms with Gasteiger partial charge in [0, 0.05) is 44.7 Å². The topological polar surface area (TPSA) is 71.5 Å². The first kappa shape index (κ1) is 17.9. The van der Waals surface area contributed by atoms with Crippen molar-refractivity contribution in [1.29, 1.82) is 0 Å². The molecule has 0 aliphatic carbocycles. The highest BCUT2D eigenvalue weighted by molar-refractivity contribution is 5.94. The number of carbonyl (C=O) groups is 1. The van der Waals surface area contributed by atoms with Crippen LogP contribution in [0.4, 0.5) is 5.82 Å². The molecule has 142 valence electrons. The highest BCUT2D eigenvalue weighted by Gasteiger charge is 2.27. The zero-order chi connectivity index (χ0) is 18.6. The molecule has 0 aromatic carbocycles. The monoisotopic (exact) mass is 367 g/mol. The average Bonchev–Trinajstić information content (AvgIpc) is 2.73. The van der Waals surface area contributed by atoms with Crippen LogP contribution < -0.4 is 4.90 Å². The second kappa shape index (κ2) is 8.00. The highest BCUT2D eigenvalue weighted by atomic mass is 16.5. The molecule has 2 aromatic rings. The molecule has 2 aliphatic rings. The highest BCUT2D eigenvalue weighted by Crippen LogP contribution is 2.26. The maximum Gasteiger partial charge on any atom is 0.255 e. The number of anilines is 1. The molecular weight excluding hydrogens is 342 g/mol. The van der Waals surface area contributed by atoms with E-state index in [2.05, 4.69) is 26.9 Å². The van der Waals surface area contributed by atoms with Crippen molar-refractivity contribution in [2.45, 2.75) is 38.3 Å². The number of amides is 1. The fourth-order valence-corrected chi connectivity index (χ4v) is 3.85. The summed E-state index contributed by atoms with van der Waals surface area (Å²) in [6.45, 7) is 2.86. The first-order valence-corrected chi connectivity index (χ1v) is 9.57. The summed E-state index contributed by atoms with van der Waals surface area (Å²) in [6, 6.07) is 3.59. The summed E-state index contributed by atoms with van der Waals surface area (Å²) >= 11 is 0. The Hall–Kier alpha value is -2.54. The molecule has 4 rings (SSSR count). The number of likely N-dealkylation sites (N-methyl/N-ethyl adjacent to an activating group) is 1. The number of pyridine rings is 1. The van der Waals surface area contributed by atoms with Gasteiger partial charge in [0.25, 0.3) is 5.91 Å². The van der Waals surface area contributed by atoms with Gasteiger partial charge in [0.1, 0.15) is 12.1 Å². The lowest BCUT2D eigenvalue weighted by Crippen LogP contribution is -2.39. The maximum absolute atomic E-state index is 12.7. The van der Waals surface area contributed by atoms with Crippen LogP contribution in [0.2, 0.25) is 0 Å². The molecule has 1 fully saturated rings. The van der Waals surface area contributed by atoms with Crippen LogP contribution in [0, 0.1) is 0 Å². The van der Waals surface area contributed by atoms with Crippen LogP contribution >= 0.6 is 0 Å². The van der Waals surface area contributed by atoms with Crippen molar-refractivity contribution in [2.75, 3.05) is 31.6 Å². The van der Waals surface area contributed by atoms with E-state index in [-0.39, 0.29) is 12.0 Å². The van der Waals surface area contributed by atoms with E-state index in [0.29, 0.717) is 18.7 Å². The van der Waals surface area contributed by atoms with Crippen LogP contribution in [0.3, 0.4) is 0 Å². The molecular formula is C20H25N5O2. The smallest absolute Gasteiger partial charge is 0.255 e. The molecule has 27 heavy (non-hydrogen) atoms. The molecule has 0 saturated carbocycles. The van der Waals surface area contributed by atoms with Crippen molar-refractivity contribution >= 4 is 11.7 Å². The van der Waals surface area contributed by atoms with Crippen LogP contribution in [0.25, 0.3) is 0 Å². The Bertz CT molecular complexity index is 792. The minimum absolute atomic E-state index is 0.00197. The lowest BCUT2D eigenvalue weighted by molar-refractivity contribution is 0.0215. The fourth-order valence-electron chi connectivity index (χ4n) is 3.85. The molecule has 0 radical (unpaired) electrons. The van der Waals surface area contributed by atoms with Gasteiger partial charge >= 0.3 is 0 Å². The van der Waals surface area contributed by atoms with Gasteiger partial charge in [-0.1, -0.05) is 0 Å². The number of aromatic nitrogens is 3. The molecule has 7 nitrogen and oxygen atoms in total. The third kappa shape index (κ3) is 3.93. The van der Waals surface area contributed by atoms with Gasteiger partial charge in [-0.25, -0.2) is 9.97 Å². The van der Waals surface area contributed by atoms with Crippen molar-refractivity contribution in [3.63, 3.8) is 0 Å². The normalized spacial score (nSPS) is 19.4. The van der Waals surface area contributed by atoms with E-state index in [1.54, 1.807) is 30.9 Å². The third-order valence-corrected chi connectivity index (χ3v) is 5.29. The molecule has 1 saturated heterocycles. The summed E-state index contributed by atoms with van der Waals surface area (Å²) in [5, 5.41) is 0. The Kier molecular flexibility index (Phi) is 5.29. The minimum Gasteiger partial charge on any atom is -0.376 e. The Balaban J connectivity index is 1.48. The van der Waals surface area contributed by atoms with E-state index in [0.717, 1.165) is 49.5 Å². The molecule has 1 atom stereocenters. The van der Waals surface area contributed by atoms with Crippen molar-refractivity contribution in [2.24, 2.45) is 0 Å². The van der Waals surface area contributed by atoms with E-state index in [9.17, 15) is 4.79 Å². The van der Waals surface area contributed by atoms with Gasteiger partial charge in [-0.15, -0.1) is 0 Å². The number of nitrogens with zero attached hydrogens (tertiary/aromatic N) is 5. The van der Waals surface area contributed by atoms with E-state index >= 15 is 0 Å². The molecule has 1 amide bonds. The van der Waals surface area contributed by atoms with Crippen LogP contribution in [-0.4, -0.2) is 58.6 Å². The van der Waals surface area contributed by atoms with E-state index < -0.39 is 0 Å². The van der Waals surface area contributed by atoms with Crippen LogP contribution in [0.5, 0.6) is 0 Å². The number of hydrogen-bond donors (Lipinski definition) is 0. The molecule has 0 spiro atoms. The first-order chi connectivity index (χ1) is 13.2. The summed E-state index contributed by atoms with van der Waals surface area (Å²) in [4.78, 5) is 29.8. The quantitative estimate of drug-likeness (QED) is 0.824. The predicted molar refractivity (Wildman–Crippen MR) is 102 cm³/mol. The Morgan fingerprint density at radius 1 is 1.37 bits per heavy atom. The molecule has 7 heteroatoms. The minimum atomic E-state index is -0.00197. The molecule has 2 aliphatic heterocycles. The summed E-state index contributed by atoms with van der Waals surface area (Å²) in [5.41, 5.74) is 2.69. The van der Waals surface area contributed by atoms with Gasteiger partial charge in [0.2, 0.25) is 0 Å². The summed E-state index contributed by atoms with van der Waals surface area (Å²) in [6.07, 6.45) is 9.40. The van der Waals surface area contributed by atoms with Crippen LogP contribution in [0.15, 0.2) is 30.9 Å². The number of carbonyl (C=O) groups excluding carboxylic acids is 1. The second-order valence-electron chi connectivity index (χ2n) is 7.21. The second-order valence-corrected chi connectivity index (χ2v) is 7.21. The average molecular weight is 367 g/mol. The number of hydrogen-bond acceptors (Lipinski definition) is 6. The molecule has 0 unspecified atom stereocenters. The first-order valence-electron chi connectivity index (χ1n) is 9.57. The summed E-state index contributed by atoms with van der Waals surface area (Å²) in [5.74, 6) is 0.959. The summed E-state index contributed by atoms with van der Waals surface area (Å²) < 4.78 is 5.87. The third-order valence-electron chi connectivity index (χ3n) is 5.29. The Morgan fingerprint density at radius 2 is 2.30 bits per heavy atom. The van der Waals surface area contributed by atoms with Gasteiger partial charge in [0.15, 0.2) is 0 Å². The van der Waals surface area contributed by atoms with Crippen molar-refractivity contribution in [3.8, 4) is 0 Å². The largest absolute Gasteiger partial charge is 0.376 e. The van der Waals surface area contributed by atoms with Crippen molar-refractivity contribution < 1.29 is 9.53 Å². The lowest BCUT2D eigenvalue weighted by Gasteiger charge is -2.32. The van der Waals surface area contributed by atoms with Crippen LogP contribution in [0.1, 0.15) is 40.9 Å². The van der Waals surface area contributed by atoms with E-state index in [1.165, 1.54) is 6.42 Å². The number of ether oxygens (including phenoxy) is 1. The molecule has 4 heterocycles. The van der Waals surface area contributed by atoms with Gasteiger partial charge in [-0.05, 0) is 37.8 Å². The molecule has 2 aromatic heterocycles. The SMILES string of the molecule is CN(C[C@H]1CCCCO1)c1ncnc2c1CCN(C(=O)c1cccnc1)C2. The van der Waals surface area contributed by atoms with Crippen molar-refractivity contribution in [3.05, 3.63) is 47.7 Å². The Morgan fingerprint density at radius 3 is 3.07 bits per heavy atom.